The topological polar surface area (TPSA) is 97.3 Å². The molecule has 3 N–H and O–H groups in total. The molecule has 8 heteroatoms. The molecule has 1 aliphatic heterocycles. The maximum Gasteiger partial charge on any atom is 0.412 e. The number of amides is 1. The Morgan fingerprint density at radius 3 is 2.78 bits per heavy atom. The summed E-state index contributed by atoms with van der Waals surface area (Å²) in [7, 11) is 0. The Labute approximate surface area is 155 Å². The van der Waals surface area contributed by atoms with Crippen LogP contribution in [0.5, 0.6) is 17.2 Å². The minimum atomic E-state index is -0.812. The number of fused-ring (bicyclic) bond motifs is 1. The molecular formula is C19H20FNO6. The van der Waals surface area contributed by atoms with Crippen LogP contribution in [0.4, 0.5) is 14.9 Å². The molecule has 2 aromatic rings. The van der Waals surface area contributed by atoms with Gasteiger partial charge in [-0.05, 0) is 42.2 Å². The number of ether oxygens (including phenoxy) is 3. The number of phenols is 1. The van der Waals surface area contributed by atoms with Gasteiger partial charge in [-0.25, -0.2) is 9.18 Å². The minimum Gasteiger partial charge on any atom is -0.505 e. The van der Waals surface area contributed by atoms with Gasteiger partial charge in [0.05, 0.1) is 0 Å². The number of anilines is 1. The van der Waals surface area contributed by atoms with Crippen molar-refractivity contribution in [2.24, 2.45) is 5.92 Å². The molecule has 1 amide bonds. The van der Waals surface area contributed by atoms with Gasteiger partial charge in [-0.15, -0.1) is 0 Å². The van der Waals surface area contributed by atoms with Crippen molar-refractivity contribution in [3.63, 3.8) is 0 Å². The molecule has 0 aromatic heterocycles. The van der Waals surface area contributed by atoms with Crippen LogP contribution in [0.15, 0.2) is 36.4 Å². The Morgan fingerprint density at radius 2 is 2.04 bits per heavy atom. The Kier molecular flexibility index (Phi) is 5.66. The third-order valence-corrected chi connectivity index (χ3v) is 4.25. The van der Waals surface area contributed by atoms with Crippen molar-refractivity contribution in [1.82, 2.24) is 0 Å². The lowest BCUT2D eigenvalue weighted by Crippen LogP contribution is -2.22. The van der Waals surface area contributed by atoms with Gasteiger partial charge < -0.3 is 24.4 Å². The van der Waals surface area contributed by atoms with E-state index in [0.717, 1.165) is 6.07 Å². The Hall–Kier alpha value is -3.00. The lowest BCUT2D eigenvalue weighted by molar-refractivity contribution is 0.0665. The number of carbonyl (C=O) groups excluding carboxylic acids is 1. The fraction of sp³-hybridized carbons (Fsp3) is 0.316. The highest BCUT2D eigenvalue weighted by atomic mass is 19.1. The summed E-state index contributed by atoms with van der Waals surface area (Å²) in [6, 6.07) is 8.70. The molecular weight excluding hydrogens is 357 g/mol. The second-order valence-corrected chi connectivity index (χ2v) is 6.22. The van der Waals surface area contributed by atoms with Crippen molar-refractivity contribution in [2.75, 3.05) is 18.7 Å². The monoisotopic (exact) mass is 377 g/mol. The van der Waals surface area contributed by atoms with Gasteiger partial charge in [0.25, 0.3) is 0 Å². The summed E-state index contributed by atoms with van der Waals surface area (Å²) >= 11 is 0. The van der Waals surface area contributed by atoms with E-state index >= 15 is 0 Å². The molecule has 0 aliphatic carbocycles. The van der Waals surface area contributed by atoms with Crippen LogP contribution in [0.2, 0.25) is 0 Å². The molecule has 0 unspecified atom stereocenters. The predicted molar refractivity (Wildman–Crippen MR) is 94.3 cm³/mol. The van der Waals surface area contributed by atoms with Crippen LogP contribution in [0, 0.1) is 11.7 Å². The number of halogens is 1. The first kappa shape index (κ1) is 18.8. The van der Waals surface area contributed by atoms with Crippen LogP contribution in [0.25, 0.3) is 0 Å². The standard InChI is InChI=1S/C19H20FNO6/c1-11(6-7-22)18(12-2-4-15(23)14(20)8-12)27-19(24)21-13-3-5-16-17(9-13)26-10-25-16/h2-5,8-9,11,18,22-23H,6-7,10H2,1H3,(H,21,24)/t11-,18+/m1/s1. The lowest BCUT2D eigenvalue weighted by atomic mass is 9.94. The van der Waals surface area contributed by atoms with Crippen molar-refractivity contribution in [3.05, 3.63) is 47.8 Å². The van der Waals surface area contributed by atoms with Gasteiger partial charge in [0.1, 0.15) is 6.10 Å². The number of aliphatic hydroxyl groups is 1. The van der Waals surface area contributed by atoms with Crippen LogP contribution in [0.3, 0.4) is 0 Å². The summed E-state index contributed by atoms with van der Waals surface area (Å²) < 4.78 is 29.7. The van der Waals surface area contributed by atoms with E-state index < -0.39 is 23.8 Å². The van der Waals surface area contributed by atoms with Crippen LogP contribution >= 0.6 is 0 Å². The zero-order valence-electron chi connectivity index (χ0n) is 14.6. The smallest absolute Gasteiger partial charge is 0.412 e. The fourth-order valence-electron chi connectivity index (χ4n) is 2.80. The Morgan fingerprint density at radius 1 is 1.26 bits per heavy atom. The molecule has 2 aromatic carbocycles. The van der Waals surface area contributed by atoms with E-state index in [0.29, 0.717) is 29.2 Å². The first-order chi connectivity index (χ1) is 13.0. The number of phenolic OH excluding ortho intramolecular Hbond substituents is 1. The minimum absolute atomic E-state index is 0.106. The van der Waals surface area contributed by atoms with E-state index in [2.05, 4.69) is 5.32 Å². The van der Waals surface area contributed by atoms with E-state index in [1.54, 1.807) is 25.1 Å². The van der Waals surface area contributed by atoms with Gasteiger partial charge in [0, 0.05) is 18.4 Å². The number of hydrogen-bond acceptors (Lipinski definition) is 6. The molecule has 27 heavy (non-hydrogen) atoms. The predicted octanol–water partition coefficient (Wildman–Crippen LogP) is 3.57. The van der Waals surface area contributed by atoms with Gasteiger partial charge in [-0.2, -0.15) is 0 Å². The number of hydrogen-bond donors (Lipinski definition) is 3. The second-order valence-electron chi connectivity index (χ2n) is 6.22. The van der Waals surface area contributed by atoms with E-state index in [9.17, 15) is 19.4 Å². The molecule has 0 saturated carbocycles. The summed E-state index contributed by atoms with van der Waals surface area (Å²) in [5.41, 5.74) is 0.835. The summed E-state index contributed by atoms with van der Waals surface area (Å²) in [6.45, 7) is 1.79. The Balaban J connectivity index is 1.74. The number of aromatic hydroxyl groups is 1. The first-order valence-electron chi connectivity index (χ1n) is 8.44. The molecule has 0 radical (unpaired) electrons. The maximum atomic E-state index is 13.7. The highest BCUT2D eigenvalue weighted by molar-refractivity contribution is 5.85. The third kappa shape index (κ3) is 4.40. The summed E-state index contributed by atoms with van der Waals surface area (Å²) in [4.78, 5) is 12.3. The van der Waals surface area contributed by atoms with Gasteiger partial charge in [0.15, 0.2) is 23.1 Å². The zero-order chi connectivity index (χ0) is 19.4. The number of carbonyl (C=O) groups is 1. The molecule has 1 heterocycles. The lowest BCUT2D eigenvalue weighted by Gasteiger charge is -2.24. The van der Waals surface area contributed by atoms with Gasteiger partial charge in [0.2, 0.25) is 6.79 Å². The van der Waals surface area contributed by atoms with Crippen molar-refractivity contribution in [2.45, 2.75) is 19.4 Å². The van der Waals surface area contributed by atoms with E-state index in [-0.39, 0.29) is 19.3 Å². The maximum absolute atomic E-state index is 13.7. The van der Waals surface area contributed by atoms with E-state index in [4.69, 9.17) is 14.2 Å². The van der Waals surface area contributed by atoms with Crippen LogP contribution in [-0.2, 0) is 4.74 Å². The van der Waals surface area contributed by atoms with Gasteiger partial charge in [-0.3, -0.25) is 5.32 Å². The average Bonchev–Trinajstić information content (AvgIpc) is 3.10. The fourth-order valence-corrected chi connectivity index (χ4v) is 2.80. The Bertz CT molecular complexity index is 828. The molecule has 3 rings (SSSR count). The van der Waals surface area contributed by atoms with Gasteiger partial charge in [-0.1, -0.05) is 13.0 Å². The molecule has 144 valence electrons. The normalized spacial score (nSPS) is 14.5. The van der Waals surface area contributed by atoms with Crippen molar-refractivity contribution < 1.29 is 33.6 Å². The number of benzene rings is 2. The molecule has 2 atom stereocenters. The average molecular weight is 377 g/mol. The van der Waals surface area contributed by atoms with Crippen molar-refractivity contribution >= 4 is 11.8 Å². The molecule has 0 spiro atoms. The molecule has 1 aliphatic rings. The molecule has 0 fully saturated rings. The number of rotatable bonds is 6. The van der Waals surface area contributed by atoms with Crippen molar-refractivity contribution in [1.29, 1.82) is 0 Å². The zero-order valence-corrected chi connectivity index (χ0v) is 14.6. The number of aliphatic hydroxyl groups excluding tert-OH is 1. The van der Waals surface area contributed by atoms with Crippen LogP contribution in [-0.4, -0.2) is 29.7 Å². The molecule has 7 nitrogen and oxygen atoms in total. The highest BCUT2D eigenvalue weighted by Gasteiger charge is 2.25. The third-order valence-electron chi connectivity index (χ3n) is 4.25. The van der Waals surface area contributed by atoms with E-state index in [1.165, 1.54) is 12.1 Å². The molecule has 0 bridgehead atoms. The number of nitrogens with one attached hydrogen (secondary N) is 1. The van der Waals surface area contributed by atoms with Crippen LogP contribution in [0.1, 0.15) is 25.0 Å². The first-order valence-corrected chi connectivity index (χ1v) is 8.44. The summed E-state index contributed by atoms with van der Waals surface area (Å²) in [5.74, 6) is -0.478. The van der Waals surface area contributed by atoms with Crippen molar-refractivity contribution in [3.8, 4) is 17.2 Å². The second kappa shape index (κ2) is 8.13. The SMILES string of the molecule is C[C@H](CCO)[C@H](OC(=O)Nc1ccc2c(c1)OCO2)c1ccc(O)c(F)c1. The highest BCUT2D eigenvalue weighted by Crippen LogP contribution is 2.35. The largest absolute Gasteiger partial charge is 0.505 e. The van der Waals surface area contributed by atoms with E-state index in [1.807, 2.05) is 0 Å². The summed E-state index contributed by atoms with van der Waals surface area (Å²) in [5, 5.41) is 21.2. The van der Waals surface area contributed by atoms with Gasteiger partial charge >= 0.3 is 6.09 Å². The molecule has 0 saturated heterocycles. The quantitative estimate of drug-likeness (QED) is 0.712. The van der Waals surface area contributed by atoms with Crippen LogP contribution < -0.4 is 14.8 Å². The summed E-state index contributed by atoms with van der Waals surface area (Å²) in [6.07, 6.45) is -1.19.